The highest BCUT2D eigenvalue weighted by molar-refractivity contribution is 8.26. The summed E-state index contributed by atoms with van der Waals surface area (Å²) in [5.74, 6) is 1.73. The van der Waals surface area contributed by atoms with E-state index in [4.69, 9.17) is 22.3 Å². The Morgan fingerprint density at radius 1 is 1.14 bits per heavy atom. The molecule has 0 spiro atoms. The number of carboxylic acid groups (broad SMARTS) is 1. The van der Waals surface area contributed by atoms with Crippen LogP contribution in [-0.2, 0) is 15.0 Å². The van der Waals surface area contributed by atoms with Crippen molar-refractivity contribution >= 4 is 57.6 Å². The maximum Gasteiger partial charge on any atom is 0.303 e. The van der Waals surface area contributed by atoms with Crippen LogP contribution in [0.15, 0.2) is 34.6 Å². The summed E-state index contributed by atoms with van der Waals surface area (Å²) in [6.45, 7) is 0.337. The molecule has 1 aromatic carbocycles. The number of carbonyl (C=O) groups is 2. The third-order valence-corrected chi connectivity index (χ3v) is 10.5. The summed E-state index contributed by atoms with van der Waals surface area (Å²) in [5.41, 5.74) is 3.71. The van der Waals surface area contributed by atoms with Gasteiger partial charge in [-0.25, -0.2) is 4.98 Å². The number of aromatic nitrogens is 1. The minimum absolute atomic E-state index is 0.0267. The summed E-state index contributed by atoms with van der Waals surface area (Å²) in [6, 6.07) is 8.22. The molecule has 4 aliphatic carbocycles. The largest absolute Gasteiger partial charge is 0.481 e. The van der Waals surface area contributed by atoms with E-state index < -0.39 is 5.97 Å². The first-order valence-electron chi connectivity index (χ1n) is 12.4. The molecule has 4 saturated carbocycles. The summed E-state index contributed by atoms with van der Waals surface area (Å²) in [5, 5.41) is 12.2. The monoisotopic (exact) mass is 524 g/mol. The molecule has 2 heterocycles. The van der Waals surface area contributed by atoms with E-state index in [-0.39, 0.29) is 12.3 Å². The van der Waals surface area contributed by atoms with Gasteiger partial charge in [-0.15, -0.1) is 11.3 Å². The van der Waals surface area contributed by atoms with Gasteiger partial charge in [-0.05, 0) is 74.3 Å². The molecule has 35 heavy (non-hydrogen) atoms. The third-order valence-electron chi connectivity index (χ3n) is 8.19. The number of rotatable bonds is 7. The van der Waals surface area contributed by atoms with Gasteiger partial charge in [0.2, 0.25) is 0 Å². The minimum atomic E-state index is -0.864. The van der Waals surface area contributed by atoms with E-state index in [1.54, 1.807) is 11.3 Å². The fourth-order valence-electron chi connectivity index (χ4n) is 7.03. The molecule has 5 aliphatic rings. The average Bonchev–Trinajstić information content (AvgIpc) is 3.40. The highest BCUT2D eigenvalue weighted by Gasteiger charge is 2.52. The molecule has 1 aliphatic heterocycles. The van der Waals surface area contributed by atoms with Gasteiger partial charge in [-0.2, -0.15) is 0 Å². The number of carboxylic acids is 1. The molecule has 4 bridgehead atoms. The SMILES string of the molecule is O=C(O)CCCN1C(=O)/C(=C\c2ccc(-c3nc(C45CC6CC(CC(C6)C4)C5)cs3)cc2)SC1=S. The molecule has 1 saturated heterocycles. The maximum atomic E-state index is 12.7. The Morgan fingerprint density at radius 2 is 1.80 bits per heavy atom. The molecule has 7 rings (SSSR count). The molecule has 1 N–H and O–H groups in total. The first kappa shape index (κ1) is 23.4. The predicted molar refractivity (Wildman–Crippen MR) is 144 cm³/mol. The van der Waals surface area contributed by atoms with Crippen molar-refractivity contribution in [3.8, 4) is 10.6 Å². The van der Waals surface area contributed by atoms with Crippen molar-refractivity contribution in [2.24, 2.45) is 17.8 Å². The molecular formula is C27H28N2O3S3. The van der Waals surface area contributed by atoms with E-state index in [1.165, 1.54) is 60.9 Å². The number of nitrogens with zero attached hydrogens (tertiary/aromatic N) is 2. The second-order valence-electron chi connectivity index (χ2n) is 10.7. The van der Waals surface area contributed by atoms with E-state index in [1.807, 2.05) is 18.2 Å². The lowest BCUT2D eigenvalue weighted by Crippen LogP contribution is -2.48. The number of aliphatic carboxylic acids is 1. The van der Waals surface area contributed by atoms with E-state index in [9.17, 15) is 9.59 Å². The van der Waals surface area contributed by atoms with Crippen LogP contribution in [0.2, 0.25) is 0 Å². The molecule has 0 atom stereocenters. The molecule has 1 aromatic heterocycles. The summed E-state index contributed by atoms with van der Waals surface area (Å²) in [4.78, 5) is 30.7. The normalized spacial score (nSPS) is 30.6. The molecule has 0 radical (unpaired) electrons. The Morgan fingerprint density at radius 3 is 2.43 bits per heavy atom. The Balaban J connectivity index is 1.15. The lowest BCUT2D eigenvalue weighted by molar-refractivity contribution is -0.137. The minimum Gasteiger partial charge on any atom is -0.481 e. The van der Waals surface area contributed by atoms with Crippen molar-refractivity contribution in [3.05, 3.63) is 45.8 Å². The Hall–Kier alpha value is -2.03. The number of benzene rings is 1. The van der Waals surface area contributed by atoms with Crippen molar-refractivity contribution in [2.45, 2.75) is 56.8 Å². The molecule has 5 nitrogen and oxygen atoms in total. The standard InChI is InChI=1S/C27H28N2O3S3/c30-23(31)2-1-7-29-25(32)21(35-26(29)33)11-16-3-5-20(6-4-16)24-28-22(15-34-24)27-12-17-8-18(13-27)10-19(9-17)14-27/h3-6,11,15,17-19H,1-2,7-10,12-14H2,(H,30,31)/b21-11+. The van der Waals surface area contributed by atoms with Crippen molar-refractivity contribution in [1.29, 1.82) is 0 Å². The Labute approximate surface area is 219 Å². The van der Waals surface area contributed by atoms with Gasteiger partial charge in [-0.3, -0.25) is 14.5 Å². The van der Waals surface area contributed by atoms with Crippen LogP contribution in [0.25, 0.3) is 16.6 Å². The molecular weight excluding hydrogens is 497 g/mol. The van der Waals surface area contributed by atoms with Gasteiger partial charge < -0.3 is 5.11 Å². The highest BCUT2D eigenvalue weighted by Crippen LogP contribution is 2.60. The Bertz CT molecular complexity index is 1180. The number of thiocarbonyl (C=S) groups is 1. The van der Waals surface area contributed by atoms with Crippen LogP contribution in [0.1, 0.15) is 62.6 Å². The fourth-order valence-corrected chi connectivity index (χ4v) is 9.29. The van der Waals surface area contributed by atoms with Crippen molar-refractivity contribution in [3.63, 3.8) is 0 Å². The number of hydrogen-bond acceptors (Lipinski definition) is 6. The molecule has 5 fully saturated rings. The van der Waals surface area contributed by atoms with Crippen LogP contribution in [0, 0.1) is 17.8 Å². The first-order valence-corrected chi connectivity index (χ1v) is 14.5. The van der Waals surface area contributed by atoms with E-state index in [0.29, 0.717) is 27.6 Å². The van der Waals surface area contributed by atoms with E-state index >= 15 is 0 Å². The topological polar surface area (TPSA) is 70.5 Å². The van der Waals surface area contributed by atoms with Crippen LogP contribution in [0.3, 0.4) is 0 Å². The van der Waals surface area contributed by atoms with Gasteiger partial charge in [0.1, 0.15) is 9.33 Å². The Kier molecular flexibility index (Phi) is 6.09. The summed E-state index contributed by atoms with van der Waals surface area (Å²) < 4.78 is 0.489. The van der Waals surface area contributed by atoms with Crippen LogP contribution in [0.4, 0.5) is 0 Å². The number of thiazole rings is 1. The molecule has 2 aromatic rings. The van der Waals surface area contributed by atoms with Gasteiger partial charge in [-0.1, -0.05) is 48.2 Å². The predicted octanol–water partition coefficient (Wildman–Crippen LogP) is 6.34. The zero-order valence-electron chi connectivity index (χ0n) is 19.4. The van der Waals surface area contributed by atoms with Crippen LogP contribution in [-0.4, -0.2) is 37.7 Å². The highest BCUT2D eigenvalue weighted by atomic mass is 32.2. The quantitative estimate of drug-likeness (QED) is 0.336. The van der Waals surface area contributed by atoms with Crippen LogP contribution >= 0.6 is 35.3 Å². The van der Waals surface area contributed by atoms with Gasteiger partial charge in [0, 0.05) is 29.3 Å². The maximum absolute atomic E-state index is 12.7. The zero-order chi connectivity index (χ0) is 24.2. The smallest absolute Gasteiger partial charge is 0.303 e. The fraction of sp³-hybridized carbons (Fsp3) is 0.481. The molecule has 1 amide bonds. The zero-order valence-corrected chi connectivity index (χ0v) is 21.9. The van der Waals surface area contributed by atoms with Gasteiger partial charge >= 0.3 is 5.97 Å². The van der Waals surface area contributed by atoms with Crippen molar-refractivity contribution in [1.82, 2.24) is 9.88 Å². The lowest BCUT2D eigenvalue weighted by Gasteiger charge is -2.56. The summed E-state index contributed by atoms with van der Waals surface area (Å²) in [6.07, 6.45) is 10.6. The van der Waals surface area contributed by atoms with E-state index in [0.717, 1.165) is 33.9 Å². The summed E-state index contributed by atoms with van der Waals surface area (Å²) in [7, 11) is 0. The average molecular weight is 525 g/mol. The van der Waals surface area contributed by atoms with E-state index in [2.05, 4.69) is 17.5 Å². The van der Waals surface area contributed by atoms with Crippen molar-refractivity contribution in [2.75, 3.05) is 6.54 Å². The second-order valence-corrected chi connectivity index (χ2v) is 13.2. The number of hydrogen-bond donors (Lipinski definition) is 1. The van der Waals surface area contributed by atoms with Gasteiger partial charge in [0.15, 0.2) is 0 Å². The van der Waals surface area contributed by atoms with Crippen LogP contribution < -0.4 is 0 Å². The summed E-state index contributed by atoms with van der Waals surface area (Å²) >= 11 is 8.37. The number of amides is 1. The number of carbonyl (C=O) groups excluding carboxylic acids is 1. The molecule has 8 heteroatoms. The number of thioether (sulfide) groups is 1. The van der Waals surface area contributed by atoms with Crippen LogP contribution in [0.5, 0.6) is 0 Å². The molecule has 182 valence electrons. The second kappa shape index (κ2) is 9.12. The lowest BCUT2D eigenvalue weighted by atomic mass is 9.49. The third kappa shape index (κ3) is 4.49. The molecule has 0 unspecified atom stereocenters. The van der Waals surface area contributed by atoms with Gasteiger partial charge in [0.05, 0.1) is 10.6 Å². The van der Waals surface area contributed by atoms with Gasteiger partial charge in [0.25, 0.3) is 5.91 Å². The first-order chi connectivity index (χ1) is 16.9. The van der Waals surface area contributed by atoms with Crippen molar-refractivity contribution < 1.29 is 14.7 Å².